The molecule has 0 radical (unpaired) electrons. The van der Waals surface area contributed by atoms with Gasteiger partial charge in [0.1, 0.15) is 4.75 Å². The fraction of sp³-hybridized carbons (Fsp3) is 1.00. The lowest BCUT2D eigenvalue weighted by Crippen LogP contribution is -2.34. The van der Waals surface area contributed by atoms with E-state index in [9.17, 15) is 12.3 Å². The van der Waals surface area contributed by atoms with Gasteiger partial charge in [-0.3, -0.25) is 0 Å². The zero-order valence-corrected chi connectivity index (χ0v) is 7.48. The lowest BCUT2D eigenvalue weighted by Gasteiger charge is -2.22. The Bertz CT molecular complexity index is 321. The highest BCUT2D eigenvalue weighted by Crippen LogP contribution is 2.68. The van der Waals surface area contributed by atoms with Gasteiger partial charge < -0.3 is 0 Å². The van der Waals surface area contributed by atoms with E-state index in [0.29, 0.717) is 24.7 Å². The third-order valence-corrected chi connectivity index (χ3v) is 5.92. The highest BCUT2D eigenvalue weighted by atomic mass is 32.3. The van der Waals surface area contributed by atoms with Crippen molar-refractivity contribution >= 4 is 10.2 Å². The van der Waals surface area contributed by atoms with E-state index in [1.54, 1.807) is 0 Å². The molecule has 2 unspecified atom stereocenters. The van der Waals surface area contributed by atoms with Crippen molar-refractivity contribution in [3.8, 4) is 0 Å². The Hall–Kier alpha value is -0.120. The first kappa shape index (κ1) is 7.30. The second kappa shape index (κ2) is 1.72. The predicted molar refractivity (Wildman–Crippen MR) is 41.7 cm³/mol. The molecule has 12 heavy (non-hydrogen) atoms. The van der Waals surface area contributed by atoms with Crippen LogP contribution in [0.3, 0.4) is 0 Å². The Kier molecular flexibility index (Phi) is 1.04. The van der Waals surface area contributed by atoms with Crippen molar-refractivity contribution in [1.82, 2.24) is 0 Å². The molecule has 4 bridgehead atoms. The molecule has 0 aromatic rings. The van der Waals surface area contributed by atoms with E-state index in [4.69, 9.17) is 0 Å². The van der Waals surface area contributed by atoms with Gasteiger partial charge in [0.15, 0.2) is 0 Å². The summed E-state index contributed by atoms with van der Waals surface area (Å²) in [6.07, 6.45) is 3.16. The van der Waals surface area contributed by atoms with Crippen LogP contribution in [0.15, 0.2) is 0 Å². The van der Waals surface area contributed by atoms with Crippen LogP contribution in [0.5, 0.6) is 0 Å². The number of halogens is 1. The van der Waals surface area contributed by atoms with E-state index in [2.05, 4.69) is 0 Å². The summed E-state index contributed by atoms with van der Waals surface area (Å²) in [5.41, 5.74) is 0. The number of hydrogen-bond donors (Lipinski definition) is 0. The molecule has 4 aliphatic rings. The molecule has 0 heterocycles. The van der Waals surface area contributed by atoms with Crippen molar-refractivity contribution < 1.29 is 12.3 Å². The SMILES string of the molecule is O=S(=O)(F)C12CC3CC1CC3C2. The molecule has 0 aliphatic heterocycles. The molecule has 2 atom stereocenters. The van der Waals surface area contributed by atoms with Gasteiger partial charge in [-0.2, -0.15) is 8.42 Å². The van der Waals surface area contributed by atoms with Crippen LogP contribution in [-0.2, 0) is 10.2 Å². The van der Waals surface area contributed by atoms with Gasteiger partial charge in [0, 0.05) is 0 Å². The van der Waals surface area contributed by atoms with Crippen molar-refractivity contribution in [3.05, 3.63) is 0 Å². The molecule has 4 saturated carbocycles. The maximum Gasteiger partial charge on any atom is 0.308 e. The van der Waals surface area contributed by atoms with E-state index < -0.39 is 15.0 Å². The lowest BCUT2D eigenvalue weighted by atomic mass is 10.00. The molecular weight excluding hydrogens is 179 g/mol. The smallest absolute Gasteiger partial charge is 0.194 e. The van der Waals surface area contributed by atoms with Crippen LogP contribution in [0.25, 0.3) is 0 Å². The molecule has 68 valence electrons. The molecule has 4 rings (SSSR count). The molecule has 0 N–H and O–H groups in total. The van der Waals surface area contributed by atoms with Crippen LogP contribution < -0.4 is 0 Å². The normalized spacial score (nSPS) is 55.6. The zero-order chi connectivity index (χ0) is 8.56. The molecule has 0 spiro atoms. The minimum absolute atomic E-state index is 0.155. The summed E-state index contributed by atoms with van der Waals surface area (Å²) < 4.78 is 34.1. The van der Waals surface area contributed by atoms with Crippen LogP contribution >= 0.6 is 0 Å². The highest BCUT2D eigenvalue weighted by molar-refractivity contribution is 7.87. The summed E-state index contributed by atoms with van der Waals surface area (Å²) in [5, 5.41) is 0. The monoisotopic (exact) mass is 190 g/mol. The Morgan fingerprint density at radius 3 is 1.83 bits per heavy atom. The van der Waals surface area contributed by atoms with Crippen LogP contribution in [-0.4, -0.2) is 13.2 Å². The largest absolute Gasteiger partial charge is 0.308 e. The fourth-order valence-corrected chi connectivity index (χ4v) is 5.26. The maximum atomic E-state index is 13.0. The summed E-state index contributed by atoms with van der Waals surface area (Å²) in [5.74, 6) is 1.21. The van der Waals surface area contributed by atoms with Gasteiger partial charge in [-0.1, -0.05) is 0 Å². The zero-order valence-electron chi connectivity index (χ0n) is 6.66. The average molecular weight is 190 g/mol. The first-order valence-corrected chi connectivity index (χ1v) is 5.85. The van der Waals surface area contributed by atoms with Crippen molar-refractivity contribution in [3.63, 3.8) is 0 Å². The van der Waals surface area contributed by atoms with Gasteiger partial charge in [-0.15, -0.1) is 3.89 Å². The first-order valence-electron chi connectivity index (χ1n) is 4.47. The fourth-order valence-electron chi connectivity index (χ4n) is 3.84. The van der Waals surface area contributed by atoms with Gasteiger partial charge in [0.25, 0.3) is 0 Å². The van der Waals surface area contributed by atoms with E-state index in [-0.39, 0.29) is 5.92 Å². The molecule has 2 nitrogen and oxygen atoms in total. The molecule has 0 aromatic heterocycles. The highest BCUT2D eigenvalue weighted by Gasteiger charge is 2.69. The van der Waals surface area contributed by atoms with Crippen molar-refractivity contribution in [2.24, 2.45) is 17.8 Å². The third kappa shape index (κ3) is 0.573. The van der Waals surface area contributed by atoms with E-state index in [1.165, 1.54) is 0 Å². The van der Waals surface area contributed by atoms with E-state index in [1.807, 2.05) is 0 Å². The van der Waals surface area contributed by atoms with Gasteiger partial charge in [0.2, 0.25) is 0 Å². The number of hydrogen-bond acceptors (Lipinski definition) is 2. The molecular formula is C8H11FO2S. The van der Waals surface area contributed by atoms with Crippen LogP contribution in [0, 0.1) is 17.8 Å². The summed E-state index contributed by atoms with van der Waals surface area (Å²) in [6, 6.07) is 0. The topological polar surface area (TPSA) is 34.1 Å². The Labute approximate surface area is 71.4 Å². The van der Waals surface area contributed by atoms with Crippen LogP contribution in [0.4, 0.5) is 3.89 Å². The van der Waals surface area contributed by atoms with Crippen molar-refractivity contribution in [2.45, 2.75) is 30.4 Å². The van der Waals surface area contributed by atoms with E-state index in [0.717, 1.165) is 12.8 Å². The molecule has 4 heteroatoms. The standard InChI is InChI=1S/C8H11FO2S/c9-12(10,11)8-3-5-1-7(8)2-6(5)4-8/h5-7H,1-4H2. The molecule has 0 saturated heterocycles. The summed E-state index contributed by atoms with van der Waals surface area (Å²) in [6.45, 7) is 0. The van der Waals surface area contributed by atoms with Crippen LogP contribution in [0.2, 0.25) is 0 Å². The van der Waals surface area contributed by atoms with Crippen molar-refractivity contribution in [1.29, 1.82) is 0 Å². The van der Waals surface area contributed by atoms with Crippen molar-refractivity contribution in [2.75, 3.05) is 0 Å². The van der Waals surface area contributed by atoms with Crippen LogP contribution in [0.1, 0.15) is 25.7 Å². The molecule has 4 fully saturated rings. The van der Waals surface area contributed by atoms with Gasteiger partial charge >= 0.3 is 10.2 Å². The second-order valence-corrected chi connectivity index (χ2v) is 6.29. The lowest BCUT2D eigenvalue weighted by molar-refractivity contribution is 0.428. The van der Waals surface area contributed by atoms with Gasteiger partial charge in [0.05, 0.1) is 0 Å². The summed E-state index contributed by atoms with van der Waals surface area (Å²) >= 11 is 0. The maximum absolute atomic E-state index is 13.0. The summed E-state index contributed by atoms with van der Waals surface area (Å²) in [4.78, 5) is 0. The number of rotatable bonds is 1. The third-order valence-electron chi connectivity index (χ3n) is 4.29. The quantitative estimate of drug-likeness (QED) is 0.587. The van der Waals surface area contributed by atoms with E-state index >= 15 is 0 Å². The molecule has 0 amide bonds. The first-order chi connectivity index (χ1) is 5.53. The predicted octanol–water partition coefficient (Wildman–Crippen LogP) is 1.47. The average Bonchev–Trinajstić information content (AvgIpc) is 2.46. The molecule has 0 aromatic carbocycles. The van der Waals surface area contributed by atoms with Gasteiger partial charge in [-0.05, 0) is 43.4 Å². The minimum Gasteiger partial charge on any atom is -0.194 e. The second-order valence-electron chi connectivity index (χ2n) is 4.60. The Balaban J connectivity index is 2.16. The Morgan fingerprint density at radius 2 is 1.67 bits per heavy atom. The Morgan fingerprint density at radius 1 is 1.17 bits per heavy atom. The molecule has 4 aliphatic carbocycles. The minimum atomic E-state index is -4.28. The summed E-state index contributed by atoms with van der Waals surface area (Å²) in [7, 11) is -4.28. The van der Waals surface area contributed by atoms with Gasteiger partial charge in [-0.25, -0.2) is 0 Å².